The quantitative estimate of drug-likeness (QED) is 0.481. The molecule has 0 aliphatic carbocycles. The SMILES string of the molecule is CC(C)c1ccc2oc3ccc(-c4ccccn4)c(C#N)c3c2c1. The number of pyridine rings is 1. The molecule has 0 N–H and O–H groups in total. The van der Waals surface area contributed by atoms with Crippen molar-refractivity contribution in [2.75, 3.05) is 0 Å². The van der Waals surface area contributed by atoms with E-state index in [1.165, 1.54) is 5.56 Å². The van der Waals surface area contributed by atoms with Crippen LogP contribution in [-0.4, -0.2) is 4.98 Å². The summed E-state index contributed by atoms with van der Waals surface area (Å²) in [5.74, 6) is 0.420. The average Bonchev–Trinajstić information content (AvgIpc) is 2.99. The zero-order valence-electron chi connectivity index (χ0n) is 13.6. The van der Waals surface area contributed by atoms with Gasteiger partial charge in [0.1, 0.15) is 17.2 Å². The first-order chi connectivity index (χ1) is 11.7. The molecule has 0 radical (unpaired) electrons. The number of furan rings is 1. The van der Waals surface area contributed by atoms with E-state index in [1.54, 1.807) is 6.20 Å². The highest BCUT2D eigenvalue weighted by atomic mass is 16.3. The van der Waals surface area contributed by atoms with Gasteiger partial charge in [-0.1, -0.05) is 26.0 Å². The minimum Gasteiger partial charge on any atom is -0.456 e. The monoisotopic (exact) mass is 312 g/mol. The molecule has 4 aromatic rings. The summed E-state index contributed by atoms with van der Waals surface area (Å²) in [6, 6.07) is 18.1. The van der Waals surface area contributed by atoms with Crippen LogP contribution in [0.15, 0.2) is 59.1 Å². The van der Waals surface area contributed by atoms with Crippen LogP contribution < -0.4 is 0 Å². The summed E-state index contributed by atoms with van der Waals surface area (Å²) >= 11 is 0. The highest BCUT2D eigenvalue weighted by Gasteiger charge is 2.17. The van der Waals surface area contributed by atoms with E-state index >= 15 is 0 Å². The van der Waals surface area contributed by atoms with Crippen LogP contribution in [0.25, 0.3) is 33.2 Å². The second-order valence-corrected chi connectivity index (χ2v) is 6.20. The molecule has 3 heteroatoms. The number of nitriles is 1. The Morgan fingerprint density at radius 1 is 1.04 bits per heavy atom. The predicted octanol–water partition coefficient (Wildman–Crippen LogP) is 5.64. The molecule has 0 bridgehead atoms. The minimum atomic E-state index is 0.420. The molecule has 4 rings (SSSR count). The molecule has 24 heavy (non-hydrogen) atoms. The van der Waals surface area contributed by atoms with Gasteiger partial charge in [0.15, 0.2) is 0 Å². The fourth-order valence-electron chi connectivity index (χ4n) is 3.10. The van der Waals surface area contributed by atoms with Crippen LogP contribution in [0.1, 0.15) is 30.9 Å². The third-order valence-electron chi connectivity index (χ3n) is 4.38. The van der Waals surface area contributed by atoms with Crippen LogP contribution in [0, 0.1) is 11.3 Å². The van der Waals surface area contributed by atoms with Crippen molar-refractivity contribution in [2.24, 2.45) is 0 Å². The second kappa shape index (κ2) is 5.50. The summed E-state index contributed by atoms with van der Waals surface area (Å²) < 4.78 is 5.95. The van der Waals surface area contributed by atoms with Crippen molar-refractivity contribution in [3.05, 3.63) is 65.9 Å². The maximum atomic E-state index is 9.81. The summed E-state index contributed by atoms with van der Waals surface area (Å²) in [4.78, 5) is 4.39. The number of benzene rings is 2. The van der Waals surface area contributed by atoms with E-state index in [0.717, 1.165) is 33.2 Å². The first-order valence-electron chi connectivity index (χ1n) is 7.99. The predicted molar refractivity (Wildman–Crippen MR) is 95.8 cm³/mol. The number of rotatable bonds is 2. The molecule has 3 nitrogen and oxygen atoms in total. The van der Waals surface area contributed by atoms with Gasteiger partial charge in [-0.05, 0) is 47.9 Å². The molecule has 0 amide bonds. The first kappa shape index (κ1) is 14.5. The second-order valence-electron chi connectivity index (χ2n) is 6.20. The Bertz CT molecular complexity index is 1090. The zero-order chi connectivity index (χ0) is 16.7. The van der Waals surface area contributed by atoms with Crippen molar-refractivity contribution in [3.8, 4) is 17.3 Å². The van der Waals surface area contributed by atoms with E-state index in [-0.39, 0.29) is 0 Å². The molecule has 0 unspecified atom stereocenters. The smallest absolute Gasteiger partial charge is 0.136 e. The van der Waals surface area contributed by atoms with Crippen molar-refractivity contribution < 1.29 is 4.42 Å². The fraction of sp³-hybridized carbons (Fsp3) is 0.143. The summed E-state index contributed by atoms with van der Waals surface area (Å²) in [6.45, 7) is 4.32. The largest absolute Gasteiger partial charge is 0.456 e. The van der Waals surface area contributed by atoms with Gasteiger partial charge in [-0.15, -0.1) is 0 Å². The molecule has 0 fully saturated rings. The van der Waals surface area contributed by atoms with Crippen LogP contribution in [0.5, 0.6) is 0 Å². The lowest BCUT2D eigenvalue weighted by atomic mass is 9.96. The Morgan fingerprint density at radius 3 is 2.58 bits per heavy atom. The van der Waals surface area contributed by atoms with Crippen LogP contribution in [0.4, 0.5) is 0 Å². The first-order valence-corrected chi connectivity index (χ1v) is 7.99. The number of nitrogens with zero attached hydrogens (tertiary/aromatic N) is 2. The van der Waals surface area contributed by atoms with Crippen molar-refractivity contribution in [3.63, 3.8) is 0 Å². The maximum absolute atomic E-state index is 9.81. The number of aromatic nitrogens is 1. The summed E-state index contributed by atoms with van der Waals surface area (Å²) in [5, 5.41) is 11.7. The lowest BCUT2D eigenvalue weighted by Crippen LogP contribution is -1.89. The Labute approximate surface area is 140 Å². The maximum Gasteiger partial charge on any atom is 0.136 e. The Kier molecular flexibility index (Phi) is 3.32. The molecule has 2 aromatic heterocycles. The molecular weight excluding hydrogens is 296 g/mol. The lowest BCUT2D eigenvalue weighted by molar-refractivity contribution is 0.668. The van der Waals surface area contributed by atoms with E-state index in [4.69, 9.17) is 4.42 Å². The van der Waals surface area contributed by atoms with E-state index in [9.17, 15) is 5.26 Å². The van der Waals surface area contributed by atoms with Crippen molar-refractivity contribution in [2.45, 2.75) is 19.8 Å². The molecule has 116 valence electrons. The molecule has 0 aliphatic rings. The Hall–Kier alpha value is -3.12. The average molecular weight is 312 g/mol. The normalized spacial score (nSPS) is 11.2. The molecule has 0 saturated heterocycles. The standard InChI is InChI=1S/C21H16N2O/c1-13(2)14-6-8-19-16(11-14)21-17(12-22)15(7-9-20(21)24-19)18-5-3-4-10-23-18/h3-11,13H,1-2H3. The molecule has 0 aliphatic heterocycles. The summed E-state index contributed by atoms with van der Waals surface area (Å²) in [5.41, 5.74) is 5.03. The van der Waals surface area contributed by atoms with E-state index in [2.05, 4.69) is 37.0 Å². The van der Waals surface area contributed by atoms with E-state index in [0.29, 0.717) is 11.5 Å². The van der Waals surface area contributed by atoms with Crippen molar-refractivity contribution >= 4 is 21.9 Å². The van der Waals surface area contributed by atoms with Gasteiger partial charge in [-0.25, -0.2) is 0 Å². The highest BCUT2D eigenvalue weighted by Crippen LogP contribution is 2.37. The van der Waals surface area contributed by atoms with Crippen LogP contribution in [-0.2, 0) is 0 Å². The number of hydrogen-bond donors (Lipinski definition) is 0. The van der Waals surface area contributed by atoms with E-state index < -0.39 is 0 Å². The molecule has 2 aromatic carbocycles. The summed E-state index contributed by atoms with van der Waals surface area (Å²) in [7, 11) is 0. The van der Waals surface area contributed by atoms with Crippen LogP contribution in [0.2, 0.25) is 0 Å². The van der Waals surface area contributed by atoms with Crippen LogP contribution >= 0.6 is 0 Å². The van der Waals surface area contributed by atoms with Gasteiger partial charge < -0.3 is 4.42 Å². The van der Waals surface area contributed by atoms with Gasteiger partial charge in [-0.3, -0.25) is 4.98 Å². The van der Waals surface area contributed by atoms with Crippen LogP contribution in [0.3, 0.4) is 0 Å². The minimum absolute atomic E-state index is 0.420. The number of hydrogen-bond acceptors (Lipinski definition) is 3. The fourth-order valence-corrected chi connectivity index (χ4v) is 3.10. The van der Waals surface area contributed by atoms with Gasteiger partial charge in [-0.2, -0.15) is 5.26 Å². The molecule has 0 saturated carbocycles. The lowest BCUT2D eigenvalue weighted by Gasteiger charge is -2.06. The zero-order valence-corrected chi connectivity index (χ0v) is 13.6. The van der Waals surface area contributed by atoms with Gasteiger partial charge >= 0.3 is 0 Å². The number of fused-ring (bicyclic) bond motifs is 3. The Balaban J connectivity index is 2.10. The van der Waals surface area contributed by atoms with Gasteiger partial charge in [0.2, 0.25) is 0 Å². The van der Waals surface area contributed by atoms with E-state index in [1.807, 2.05) is 36.4 Å². The molecular formula is C21H16N2O. The summed E-state index contributed by atoms with van der Waals surface area (Å²) in [6.07, 6.45) is 1.74. The topological polar surface area (TPSA) is 49.8 Å². The molecule has 2 heterocycles. The third kappa shape index (κ3) is 2.16. The van der Waals surface area contributed by atoms with Gasteiger partial charge in [0.05, 0.1) is 11.3 Å². The van der Waals surface area contributed by atoms with Gasteiger partial charge in [0.25, 0.3) is 0 Å². The van der Waals surface area contributed by atoms with Crippen molar-refractivity contribution in [1.82, 2.24) is 4.98 Å². The third-order valence-corrected chi connectivity index (χ3v) is 4.38. The van der Waals surface area contributed by atoms with Crippen molar-refractivity contribution in [1.29, 1.82) is 5.26 Å². The molecule has 0 atom stereocenters. The Morgan fingerprint density at radius 2 is 1.88 bits per heavy atom. The van der Waals surface area contributed by atoms with Gasteiger partial charge in [0, 0.05) is 22.5 Å². The highest BCUT2D eigenvalue weighted by molar-refractivity contribution is 6.10. The molecule has 0 spiro atoms.